The normalized spacial score (nSPS) is 12.4. The Kier molecular flexibility index (Phi) is 6.77. The highest BCUT2D eigenvalue weighted by Crippen LogP contribution is 2.58. The molecule has 15 aromatic rings. The summed E-state index contributed by atoms with van der Waals surface area (Å²) in [6.45, 7) is 0. The van der Waals surface area contributed by atoms with Crippen LogP contribution < -0.4 is 0 Å². The Hall–Kier alpha value is -8.32. The standard InChI is InChI=1S/C64H36/c1-4-16-37(17-5-1)42-26-10-11-27-45(42)57-53-36-52-46-28-12-22-40-23-13-29-47(54(40)46)59(52)60-48-30-14-24-41-25-15-31-49(55(41)48)62(64(53)60)63-51-35-33-44(39-20-8-3-9-21-39)56-43(38-18-6-2-7-19-38)32-34-50(58(51)56)61(57)63/h1-36H. The molecule has 0 aromatic heterocycles. The second-order valence-corrected chi connectivity index (χ2v) is 17.7. The van der Waals surface area contributed by atoms with Crippen LogP contribution in [-0.4, -0.2) is 0 Å². The predicted octanol–water partition coefficient (Wildman–Crippen LogP) is 18.2. The van der Waals surface area contributed by atoms with Crippen LogP contribution in [-0.2, 0) is 0 Å². The lowest BCUT2D eigenvalue weighted by atomic mass is 9.81. The van der Waals surface area contributed by atoms with Gasteiger partial charge in [-0.05, 0) is 158 Å². The van der Waals surface area contributed by atoms with Crippen molar-refractivity contribution in [1.82, 2.24) is 0 Å². The highest BCUT2D eigenvalue weighted by molar-refractivity contribution is 6.53. The van der Waals surface area contributed by atoms with Gasteiger partial charge in [-0.25, -0.2) is 0 Å². The quantitative estimate of drug-likeness (QED) is 0.123. The lowest BCUT2D eigenvalue weighted by Crippen LogP contribution is -1.93. The fourth-order valence-corrected chi connectivity index (χ4v) is 12.2. The lowest BCUT2D eigenvalue weighted by Gasteiger charge is -2.21. The average Bonchev–Trinajstić information content (AvgIpc) is 3.87. The zero-order valence-corrected chi connectivity index (χ0v) is 34.8. The van der Waals surface area contributed by atoms with E-state index in [-0.39, 0.29) is 0 Å². The van der Waals surface area contributed by atoms with E-state index in [0.29, 0.717) is 0 Å². The van der Waals surface area contributed by atoms with Crippen LogP contribution in [0.5, 0.6) is 0 Å². The molecule has 0 atom stereocenters. The zero-order chi connectivity index (χ0) is 41.6. The third kappa shape index (κ3) is 4.37. The largest absolute Gasteiger partial charge is 0.0622 e. The van der Waals surface area contributed by atoms with Crippen LogP contribution in [0.4, 0.5) is 0 Å². The summed E-state index contributed by atoms with van der Waals surface area (Å²) in [6.07, 6.45) is 0. The maximum Gasteiger partial charge on any atom is -0.000673 e. The molecule has 292 valence electrons. The zero-order valence-electron chi connectivity index (χ0n) is 34.8. The van der Waals surface area contributed by atoms with Crippen molar-refractivity contribution in [2.45, 2.75) is 0 Å². The number of benzene rings is 13. The minimum atomic E-state index is 1.22. The molecule has 0 bridgehead atoms. The Morgan fingerprint density at radius 3 is 1.14 bits per heavy atom. The van der Waals surface area contributed by atoms with Crippen molar-refractivity contribution >= 4 is 108 Å². The summed E-state index contributed by atoms with van der Waals surface area (Å²) in [5.41, 5.74) is 9.99. The fourth-order valence-electron chi connectivity index (χ4n) is 12.2. The Morgan fingerprint density at radius 1 is 0.172 bits per heavy atom. The van der Waals surface area contributed by atoms with E-state index in [1.165, 1.54) is 152 Å². The molecule has 0 amide bonds. The fraction of sp³-hybridized carbons (Fsp3) is 0. The van der Waals surface area contributed by atoms with Gasteiger partial charge in [0.05, 0.1) is 0 Å². The van der Waals surface area contributed by atoms with E-state index in [1.807, 2.05) is 0 Å². The van der Waals surface area contributed by atoms with Crippen molar-refractivity contribution in [3.8, 4) is 44.5 Å². The maximum atomic E-state index is 2.59. The third-order valence-corrected chi connectivity index (χ3v) is 14.7. The number of hydrogen-bond donors (Lipinski definition) is 0. The van der Waals surface area contributed by atoms with Gasteiger partial charge in [0.2, 0.25) is 0 Å². The number of rotatable bonds is 4. The number of hydrogen-bond acceptors (Lipinski definition) is 0. The molecule has 0 aliphatic carbocycles. The minimum absolute atomic E-state index is 1.22. The van der Waals surface area contributed by atoms with Gasteiger partial charge >= 0.3 is 0 Å². The molecule has 0 radical (unpaired) electrons. The highest BCUT2D eigenvalue weighted by atomic mass is 14.3. The van der Waals surface area contributed by atoms with Crippen LogP contribution in [0.25, 0.3) is 152 Å². The van der Waals surface area contributed by atoms with Crippen molar-refractivity contribution in [3.63, 3.8) is 0 Å². The molecule has 15 rings (SSSR count). The maximum absolute atomic E-state index is 2.59. The Bertz CT molecular complexity index is 4320. The van der Waals surface area contributed by atoms with Crippen LogP contribution in [0.3, 0.4) is 0 Å². The van der Waals surface area contributed by atoms with E-state index in [1.54, 1.807) is 0 Å². The molecular weight excluding hydrogens is 769 g/mol. The minimum Gasteiger partial charge on any atom is -0.0622 e. The molecular formula is C64H36. The first-order valence-electron chi connectivity index (χ1n) is 22.4. The first-order chi connectivity index (χ1) is 31.8. The van der Waals surface area contributed by atoms with Crippen LogP contribution in [0, 0.1) is 0 Å². The molecule has 64 heavy (non-hydrogen) atoms. The summed E-state index contributed by atoms with van der Waals surface area (Å²) in [4.78, 5) is 0. The van der Waals surface area contributed by atoms with Gasteiger partial charge in [0, 0.05) is 0 Å². The summed E-state index contributed by atoms with van der Waals surface area (Å²) in [5, 5.41) is 26.5. The molecule has 0 spiro atoms. The van der Waals surface area contributed by atoms with Gasteiger partial charge in [-0.1, -0.05) is 212 Å². The van der Waals surface area contributed by atoms with Gasteiger partial charge < -0.3 is 0 Å². The molecule has 0 nitrogen and oxygen atoms in total. The molecule has 0 heterocycles. The first kappa shape index (κ1) is 34.3. The summed E-state index contributed by atoms with van der Waals surface area (Å²) >= 11 is 0. The lowest BCUT2D eigenvalue weighted by molar-refractivity contribution is 1.61. The van der Waals surface area contributed by atoms with E-state index in [9.17, 15) is 0 Å². The second kappa shape index (κ2) is 12.6. The molecule has 0 N–H and O–H groups in total. The monoisotopic (exact) mass is 804 g/mol. The summed E-state index contributed by atoms with van der Waals surface area (Å²) in [5.74, 6) is 0. The Labute approximate surface area is 368 Å². The van der Waals surface area contributed by atoms with Crippen molar-refractivity contribution in [2.75, 3.05) is 0 Å². The molecule has 0 heteroatoms. The van der Waals surface area contributed by atoms with Crippen LogP contribution in [0.2, 0.25) is 0 Å². The average molecular weight is 805 g/mol. The van der Waals surface area contributed by atoms with Crippen LogP contribution >= 0.6 is 0 Å². The predicted molar refractivity (Wildman–Crippen MR) is 277 cm³/mol. The SMILES string of the molecule is c1ccc(-c2ccccc2-c2c3cc4c5cccc6cccc(c65)c4c4c5cccc6cccc(c65)c(c5c6ccc(-c7ccccc7)c7c(-c8ccccc8)ccc(c25)c76)c34)cc1. The number of fused-ring (bicyclic) bond motifs is 10. The van der Waals surface area contributed by atoms with Crippen molar-refractivity contribution in [3.05, 3.63) is 218 Å². The smallest absolute Gasteiger partial charge is 0.000673 e. The molecule has 0 aliphatic heterocycles. The Balaban J connectivity index is 1.29. The second-order valence-electron chi connectivity index (χ2n) is 17.7. The third-order valence-electron chi connectivity index (χ3n) is 14.7. The Morgan fingerprint density at radius 2 is 0.562 bits per heavy atom. The van der Waals surface area contributed by atoms with Gasteiger partial charge in [-0.3, -0.25) is 0 Å². The highest BCUT2D eigenvalue weighted by Gasteiger charge is 2.29. The summed E-state index contributed by atoms with van der Waals surface area (Å²) < 4.78 is 0. The molecule has 15 aromatic carbocycles. The van der Waals surface area contributed by atoms with Gasteiger partial charge in [0.15, 0.2) is 0 Å². The molecule has 0 unspecified atom stereocenters. The van der Waals surface area contributed by atoms with Gasteiger partial charge in [0.1, 0.15) is 0 Å². The summed E-state index contributed by atoms with van der Waals surface area (Å²) in [6, 6.07) is 82.2. The van der Waals surface area contributed by atoms with Crippen molar-refractivity contribution in [1.29, 1.82) is 0 Å². The van der Waals surface area contributed by atoms with E-state index < -0.39 is 0 Å². The van der Waals surface area contributed by atoms with E-state index in [2.05, 4.69) is 218 Å². The van der Waals surface area contributed by atoms with Crippen LogP contribution in [0.1, 0.15) is 0 Å². The van der Waals surface area contributed by atoms with E-state index >= 15 is 0 Å². The first-order valence-corrected chi connectivity index (χ1v) is 22.4. The van der Waals surface area contributed by atoms with Crippen molar-refractivity contribution in [2.24, 2.45) is 0 Å². The molecule has 0 saturated carbocycles. The summed E-state index contributed by atoms with van der Waals surface area (Å²) in [7, 11) is 0. The molecule has 0 aliphatic rings. The van der Waals surface area contributed by atoms with Crippen molar-refractivity contribution < 1.29 is 0 Å². The molecule has 0 fully saturated rings. The van der Waals surface area contributed by atoms with Gasteiger partial charge in [-0.2, -0.15) is 0 Å². The van der Waals surface area contributed by atoms with E-state index in [0.717, 1.165) is 0 Å². The van der Waals surface area contributed by atoms with E-state index in [4.69, 9.17) is 0 Å². The van der Waals surface area contributed by atoms with Gasteiger partial charge in [-0.15, -0.1) is 0 Å². The molecule has 0 saturated heterocycles. The van der Waals surface area contributed by atoms with Crippen LogP contribution in [0.15, 0.2) is 218 Å². The van der Waals surface area contributed by atoms with Gasteiger partial charge in [0.25, 0.3) is 0 Å². The topological polar surface area (TPSA) is 0 Å².